The third-order valence-corrected chi connectivity index (χ3v) is 6.75. The van der Waals surface area contributed by atoms with Crippen LogP contribution in [0.2, 0.25) is 0 Å². The average Bonchev–Trinajstić information content (AvgIpc) is 3.17. The molecule has 8 nitrogen and oxygen atoms in total. The van der Waals surface area contributed by atoms with E-state index in [-0.39, 0.29) is 17.0 Å². The first-order valence-corrected chi connectivity index (χ1v) is 12.4. The van der Waals surface area contributed by atoms with Gasteiger partial charge in [-0.25, -0.2) is 25.0 Å². The number of nitrogens with zero attached hydrogens (tertiary/aromatic N) is 6. The first-order chi connectivity index (χ1) is 16.5. The highest BCUT2D eigenvalue weighted by Crippen LogP contribution is 2.37. The zero-order valence-electron chi connectivity index (χ0n) is 21.8. The van der Waals surface area contributed by atoms with E-state index in [1.807, 2.05) is 18.5 Å². The molecule has 0 bridgehead atoms. The van der Waals surface area contributed by atoms with E-state index in [2.05, 4.69) is 97.3 Å². The molecule has 0 saturated carbocycles. The van der Waals surface area contributed by atoms with Crippen molar-refractivity contribution in [1.29, 1.82) is 0 Å². The lowest BCUT2D eigenvalue weighted by Gasteiger charge is -2.34. The van der Waals surface area contributed by atoms with Gasteiger partial charge in [0.2, 0.25) is 5.95 Å². The highest BCUT2D eigenvalue weighted by Gasteiger charge is 2.34. The lowest BCUT2D eigenvalue weighted by molar-refractivity contribution is 0.232. The Labute approximate surface area is 208 Å². The molecule has 1 aromatic carbocycles. The van der Waals surface area contributed by atoms with Crippen molar-refractivity contribution in [2.24, 2.45) is 0 Å². The molecule has 0 unspecified atom stereocenters. The van der Waals surface area contributed by atoms with E-state index in [0.717, 1.165) is 48.2 Å². The monoisotopic (exact) mass is 472 g/mol. The van der Waals surface area contributed by atoms with Gasteiger partial charge in [0.15, 0.2) is 11.6 Å². The maximum atomic E-state index is 4.96. The second kappa shape index (κ2) is 8.53. The van der Waals surface area contributed by atoms with Gasteiger partial charge >= 0.3 is 0 Å². The summed E-state index contributed by atoms with van der Waals surface area (Å²) in [5.74, 6) is 3.08. The Kier molecular flexibility index (Phi) is 5.76. The number of benzene rings is 1. The van der Waals surface area contributed by atoms with Crippen LogP contribution in [0.15, 0.2) is 36.7 Å². The molecule has 0 fully saturated rings. The Morgan fingerprint density at radius 2 is 1.86 bits per heavy atom. The molecule has 5 rings (SSSR count). The quantitative estimate of drug-likeness (QED) is 0.551. The molecule has 2 aromatic heterocycles. The third kappa shape index (κ3) is 4.48. The molecule has 0 radical (unpaired) electrons. The SMILES string of the molecule is CC(C)N1Cc2cnc(Nc3ccc4c(c3)CCNC4(C)C)nc2N1c1ccnc(C(C)(C)C)n1. The summed E-state index contributed by atoms with van der Waals surface area (Å²) in [4.78, 5) is 19.0. The topological polar surface area (TPSA) is 82.1 Å². The lowest BCUT2D eigenvalue weighted by atomic mass is 9.85. The summed E-state index contributed by atoms with van der Waals surface area (Å²) < 4.78 is 0. The molecule has 0 saturated heterocycles. The summed E-state index contributed by atoms with van der Waals surface area (Å²) in [6.45, 7) is 16.9. The molecule has 0 amide bonds. The zero-order chi connectivity index (χ0) is 25.0. The molecule has 0 atom stereocenters. The number of anilines is 4. The van der Waals surface area contributed by atoms with Crippen LogP contribution in [-0.2, 0) is 23.9 Å². The van der Waals surface area contributed by atoms with Gasteiger partial charge in [0.05, 0.1) is 0 Å². The van der Waals surface area contributed by atoms with Gasteiger partial charge in [-0.3, -0.25) is 0 Å². The Balaban J connectivity index is 1.49. The van der Waals surface area contributed by atoms with E-state index in [1.165, 1.54) is 11.1 Å². The van der Waals surface area contributed by atoms with Crippen molar-refractivity contribution in [3.63, 3.8) is 0 Å². The van der Waals surface area contributed by atoms with Crippen molar-refractivity contribution in [3.8, 4) is 0 Å². The van der Waals surface area contributed by atoms with Crippen LogP contribution in [0.1, 0.15) is 71.0 Å². The van der Waals surface area contributed by atoms with Crippen molar-refractivity contribution < 1.29 is 0 Å². The van der Waals surface area contributed by atoms with Crippen LogP contribution in [0.5, 0.6) is 0 Å². The minimum absolute atomic E-state index is 0.0135. The number of hydrogen-bond donors (Lipinski definition) is 2. The van der Waals surface area contributed by atoms with Crippen LogP contribution in [0.3, 0.4) is 0 Å². The van der Waals surface area contributed by atoms with Crippen LogP contribution in [0, 0.1) is 0 Å². The Hall–Kier alpha value is -3.10. The largest absolute Gasteiger partial charge is 0.324 e. The molecule has 2 aliphatic rings. The van der Waals surface area contributed by atoms with E-state index in [1.54, 1.807) is 0 Å². The fraction of sp³-hybridized carbons (Fsp3) is 0.481. The number of hydrazine groups is 1. The molecule has 8 heteroatoms. The van der Waals surface area contributed by atoms with E-state index in [4.69, 9.17) is 9.97 Å². The summed E-state index contributed by atoms with van der Waals surface area (Å²) in [6, 6.07) is 8.77. The molecule has 2 aliphatic heterocycles. The Morgan fingerprint density at radius 1 is 1.06 bits per heavy atom. The van der Waals surface area contributed by atoms with E-state index in [9.17, 15) is 0 Å². The van der Waals surface area contributed by atoms with Gasteiger partial charge < -0.3 is 10.6 Å². The first-order valence-electron chi connectivity index (χ1n) is 12.4. The van der Waals surface area contributed by atoms with E-state index < -0.39 is 0 Å². The maximum absolute atomic E-state index is 4.96. The molecule has 2 N–H and O–H groups in total. The lowest BCUT2D eigenvalue weighted by Crippen LogP contribution is -2.42. The van der Waals surface area contributed by atoms with Crippen molar-refractivity contribution in [1.82, 2.24) is 30.3 Å². The zero-order valence-corrected chi connectivity index (χ0v) is 21.8. The number of hydrogen-bond acceptors (Lipinski definition) is 8. The predicted octanol–water partition coefficient (Wildman–Crippen LogP) is 4.97. The van der Waals surface area contributed by atoms with Gasteiger partial charge in [-0.05, 0) is 63.9 Å². The summed E-state index contributed by atoms with van der Waals surface area (Å²) in [5, 5.41) is 11.4. The van der Waals surface area contributed by atoms with Crippen molar-refractivity contribution in [2.75, 3.05) is 16.9 Å². The first kappa shape index (κ1) is 23.6. The normalized spacial score (nSPS) is 17.4. The standard InChI is InChI=1S/C27H36N8/c1-17(2)34-16-19-15-29-25(31-20-8-9-21-18(14-20)10-13-30-27(21,6)7)33-23(19)35(34)22-11-12-28-24(32-22)26(3,4)5/h8-9,11-12,14-15,17,30H,10,13,16H2,1-7H3,(H,29,31,33). The molecule has 3 aromatic rings. The molecular formula is C27H36N8. The number of aromatic nitrogens is 4. The third-order valence-electron chi connectivity index (χ3n) is 6.75. The number of rotatable bonds is 4. The molecule has 35 heavy (non-hydrogen) atoms. The minimum Gasteiger partial charge on any atom is -0.324 e. The highest BCUT2D eigenvalue weighted by molar-refractivity contribution is 5.65. The second-order valence-electron chi connectivity index (χ2n) is 11.3. The van der Waals surface area contributed by atoms with Gasteiger partial charge in [-0.2, -0.15) is 4.98 Å². The van der Waals surface area contributed by atoms with Crippen LogP contribution in [0.25, 0.3) is 0 Å². The molecule has 0 aliphatic carbocycles. The summed E-state index contributed by atoms with van der Waals surface area (Å²) >= 11 is 0. The minimum atomic E-state index is -0.143. The molecular weight excluding hydrogens is 436 g/mol. The summed E-state index contributed by atoms with van der Waals surface area (Å²) in [6.07, 6.45) is 4.78. The van der Waals surface area contributed by atoms with Gasteiger partial charge in [-0.15, -0.1) is 0 Å². The van der Waals surface area contributed by atoms with Gasteiger partial charge in [-0.1, -0.05) is 26.8 Å². The van der Waals surface area contributed by atoms with Crippen LogP contribution < -0.4 is 15.6 Å². The van der Waals surface area contributed by atoms with Crippen molar-refractivity contribution >= 4 is 23.3 Å². The van der Waals surface area contributed by atoms with Gasteiger partial charge in [0.25, 0.3) is 0 Å². The smallest absolute Gasteiger partial charge is 0.229 e. The fourth-order valence-corrected chi connectivity index (χ4v) is 4.82. The molecule has 184 valence electrons. The van der Waals surface area contributed by atoms with E-state index in [0.29, 0.717) is 5.95 Å². The van der Waals surface area contributed by atoms with Gasteiger partial charge in [0, 0.05) is 53.3 Å². The van der Waals surface area contributed by atoms with Crippen LogP contribution in [0.4, 0.5) is 23.3 Å². The average molecular weight is 473 g/mol. The fourth-order valence-electron chi connectivity index (χ4n) is 4.82. The highest BCUT2D eigenvalue weighted by atomic mass is 15.7. The maximum Gasteiger partial charge on any atom is 0.229 e. The van der Waals surface area contributed by atoms with Crippen LogP contribution >= 0.6 is 0 Å². The Bertz CT molecular complexity index is 1240. The van der Waals surface area contributed by atoms with Crippen molar-refractivity contribution in [2.45, 2.75) is 78.4 Å². The van der Waals surface area contributed by atoms with Gasteiger partial charge in [0.1, 0.15) is 5.82 Å². The predicted molar refractivity (Wildman–Crippen MR) is 140 cm³/mol. The molecule has 0 spiro atoms. The number of nitrogens with one attached hydrogen (secondary N) is 2. The van der Waals surface area contributed by atoms with Crippen molar-refractivity contribution in [3.05, 3.63) is 59.2 Å². The number of fused-ring (bicyclic) bond motifs is 2. The summed E-state index contributed by atoms with van der Waals surface area (Å²) in [5.41, 5.74) is 4.64. The Morgan fingerprint density at radius 3 is 2.60 bits per heavy atom. The van der Waals surface area contributed by atoms with Crippen LogP contribution in [-0.4, -0.2) is 37.5 Å². The second-order valence-corrected chi connectivity index (χ2v) is 11.3. The molecule has 4 heterocycles. The van der Waals surface area contributed by atoms with E-state index >= 15 is 0 Å². The summed E-state index contributed by atoms with van der Waals surface area (Å²) in [7, 11) is 0.